The van der Waals surface area contributed by atoms with E-state index in [0.29, 0.717) is 11.4 Å². The summed E-state index contributed by atoms with van der Waals surface area (Å²) >= 11 is 0. The molecule has 1 aromatic carbocycles. The number of nitrogens with zero attached hydrogens (tertiary/aromatic N) is 1. The Morgan fingerprint density at radius 2 is 2.05 bits per heavy atom. The Kier molecular flexibility index (Phi) is 3.37. The number of aryl methyl sites for hydroxylation is 2. The molecule has 2 aromatic rings. The van der Waals surface area contributed by atoms with E-state index in [1.165, 1.54) is 10.6 Å². The summed E-state index contributed by atoms with van der Waals surface area (Å²) < 4.78 is 1.35. The highest BCUT2D eigenvalue weighted by atomic mass is 16.2. The molecule has 2 rings (SSSR count). The zero-order valence-electron chi connectivity index (χ0n) is 10.8. The lowest BCUT2D eigenvalue weighted by Crippen LogP contribution is -2.27. The number of rotatable bonds is 2. The fourth-order valence-corrected chi connectivity index (χ4v) is 1.76. The second-order valence-electron chi connectivity index (χ2n) is 4.38. The molecule has 0 aliphatic carbocycles. The third-order valence-corrected chi connectivity index (χ3v) is 2.82. The SMILES string of the molecule is Cc1ccc(NC(=O)c2cccn(C)c2=O)c(N)c1. The first-order valence-electron chi connectivity index (χ1n) is 5.82. The van der Waals surface area contributed by atoms with Crippen LogP contribution in [0.15, 0.2) is 41.3 Å². The monoisotopic (exact) mass is 257 g/mol. The second kappa shape index (κ2) is 4.97. The first-order chi connectivity index (χ1) is 8.99. The van der Waals surface area contributed by atoms with Gasteiger partial charge in [-0.2, -0.15) is 0 Å². The summed E-state index contributed by atoms with van der Waals surface area (Å²) in [4.78, 5) is 23.9. The van der Waals surface area contributed by atoms with Crippen LogP contribution in [-0.2, 0) is 7.05 Å². The van der Waals surface area contributed by atoms with Crippen LogP contribution in [0, 0.1) is 6.92 Å². The number of aromatic nitrogens is 1. The molecule has 0 saturated carbocycles. The number of hydrogen-bond acceptors (Lipinski definition) is 3. The molecule has 0 aliphatic heterocycles. The number of carbonyl (C=O) groups is 1. The van der Waals surface area contributed by atoms with Crippen molar-refractivity contribution in [1.29, 1.82) is 0 Å². The predicted molar refractivity (Wildman–Crippen MR) is 75.2 cm³/mol. The van der Waals surface area contributed by atoms with Crippen molar-refractivity contribution in [3.05, 3.63) is 58.0 Å². The van der Waals surface area contributed by atoms with Crippen molar-refractivity contribution in [2.24, 2.45) is 7.05 Å². The first kappa shape index (κ1) is 12.9. The minimum Gasteiger partial charge on any atom is -0.397 e. The van der Waals surface area contributed by atoms with Crippen molar-refractivity contribution >= 4 is 17.3 Å². The van der Waals surface area contributed by atoms with E-state index in [1.54, 1.807) is 31.4 Å². The lowest BCUT2D eigenvalue weighted by Gasteiger charge is -2.09. The molecule has 19 heavy (non-hydrogen) atoms. The third-order valence-electron chi connectivity index (χ3n) is 2.82. The van der Waals surface area contributed by atoms with Gasteiger partial charge in [-0.1, -0.05) is 6.07 Å². The Hall–Kier alpha value is -2.56. The maximum absolute atomic E-state index is 12.0. The molecule has 5 heteroatoms. The van der Waals surface area contributed by atoms with E-state index < -0.39 is 5.91 Å². The predicted octanol–water partition coefficient (Wildman–Crippen LogP) is 1.53. The van der Waals surface area contributed by atoms with E-state index in [4.69, 9.17) is 5.73 Å². The van der Waals surface area contributed by atoms with E-state index in [1.807, 2.05) is 13.0 Å². The average Bonchev–Trinajstić information content (AvgIpc) is 2.36. The van der Waals surface area contributed by atoms with Crippen molar-refractivity contribution in [3.8, 4) is 0 Å². The highest BCUT2D eigenvalue weighted by molar-refractivity contribution is 6.05. The minimum atomic E-state index is -0.461. The Morgan fingerprint density at radius 3 is 2.74 bits per heavy atom. The average molecular weight is 257 g/mol. The first-order valence-corrected chi connectivity index (χ1v) is 5.82. The molecule has 98 valence electrons. The highest BCUT2D eigenvalue weighted by Gasteiger charge is 2.12. The molecule has 0 aliphatic rings. The van der Waals surface area contributed by atoms with E-state index in [-0.39, 0.29) is 11.1 Å². The summed E-state index contributed by atoms with van der Waals surface area (Å²) in [7, 11) is 1.60. The van der Waals surface area contributed by atoms with Crippen LogP contribution in [0.25, 0.3) is 0 Å². The highest BCUT2D eigenvalue weighted by Crippen LogP contribution is 2.19. The largest absolute Gasteiger partial charge is 0.397 e. The van der Waals surface area contributed by atoms with Crippen LogP contribution in [0.2, 0.25) is 0 Å². The van der Waals surface area contributed by atoms with Gasteiger partial charge in [0.25, 0.3) is 11.5 Å². The number of nitrogens with one attached hydrogen (secondary N) is 1. The van der Waals surface area contributed by atoms with Gasteiger partial charge in [-0.3, -0.25) is 9.59 Å². The minimum absolute atomic E-state index is 0.0879. The van der Waals surface area contributed by atoms with Crippen LogP contribution in [0.3, 0.4) is 0 Å². The maximum Gasteiger partial charge on any atom is 0.263 e. The number of nitrogen functional groups attached to an aromatic ring is 1. The molecule has 0 fully saturated rings. The Bertz CT molecular complexity index is 689. The number of benzene rings is 1. The standard InChI is InChI=1S/C14H15N3O2/c1-9-5-6-12(11(15)8-9)16-13(18)10-4-3-7-17(2)14(10)19/h3-8H,15H2,1-2H3,(H,16,18). The summed E-state index contributed by atoms with van der Waals surface area (Å²) in [5.74, 6) is -0.461. The lowest BCUT2D eigenvalue weighted by molar-refractivity contribution is 0.102. The van der Waals surface area contributed by atoms with E-state index in [0.717, 1.165) is 5.56 Å². The molecule has 0 unspecified atom stereocenters. The molecule has 0 bridgehead atoms. The smallest absolute Gasteiger partial charge is 0.263 e. The van der Waals surface area contributed by atoms with Gasteiger partial charge in [0.1, 0.15) is 5.56 Å². The molecule has 1 heterocycles. The zero-order chi connectivity index (χ0) is 14.0. The molecule has 0 radical (unpaired) electrons. The van der Waals surface area contributed by atoms with Crippen molar-refractivity contribution in [2.75, 3.05) is 11.1 Å². The number of pyridine rings is 1. The Labute approximate surface area is 110 Å². The molecular weight excluding hydrogens is 242 g/mol. The molecule has 5 nitrogen and oxygen atoms in total. The van der Waals surface area contributed by atoms with Gasteiger partial charge in [0.05, 0.1) is 11.4 Å². The lowest BCUT2D eigenvalue weighted by atomic mass is 10.2. The van der Waals surface area contributed by atoms with E-state index in [2.05, 4.69) is 5.32 Å². The second-order valence-corrected chi connectivity index (χ2v) is 4.38. The van der Waals surface area contributed by atoms with Crippen LogP contribution in [-0.4, -0.2) is 10.5 Å². The molecule has 0 spiro atoms. The molecule has 0 atom stereocenters. The topological polar surface area (TPSA) is 77.1 Å². The van der Waals surface area contributed by atoms with Gasteiger partial charge in [0.15, 0.2) is 0 Å². The van der Waals surface area contributed by atoms with Gasteiger partial charge in [-0.25, -0.2) is 0 Å². The third kappa shape index (κ3) is 2.65. The summed E-state index contributed by atoms with van der Waals surface area (Å²) in [6.45, 7) is 1.91. The van der Waals surface area contributed by atoms with Gasteiger partial charge < -0.3 is 15.6 Å². The van der Waals surface area contributed by atoms with E-state index >= 15 is 0 Å². The van der Waals surface area contributed by atoms with Crippen LogP contribution in [0.4, 0.5) is 11.4 Å². The van der Waals surface area contributed by atoms with Crippen LogP contribution in [0.5, 0.6) is 0 Å². The van der Waals surface area contributed by atoms with Crippen molar-refractivity contribution in [2.45, 2.75) is 6.92 Å². The molecule has 1 amide bonds. The fraction of sp³-hybridized carbons (Fsp3) is 0.143. The zero-order valence-corrected chi connectivity index (χ0v) is 10.8. The molecule has 3 N–H and O–H groups in total. The summed E-state index contributed by atoms with van der Waals surface area (Å²) in [6, 6.07) is 8.46. The van der Waals surface area contributed by atoms with Crippen LogP contribution in [0.1, 0.15) is 15.9 Å². The van der Waals surface area contributed by atoms with Gasteiger partial charge in [0, 0.05) is 13.2 Å². The summed E-state index contributed by atoms with van der Waals surface area (Å²) in [5, 5.41) is 2.64. The van der Waals surface area contributed by atoms with Crippen LogP contribution < -0.4 is 16.6 Å². The summed E-state index contributed by atoms with van der Waals surface area (Å²) in [6.07, 6.45) is 1.60. The Morgan fingerprint density at radius 1 is 1.32 bits per heavy atom. The molecule has 1 aromatic heterocycles. The van der Waals surface area contributed by atoms with Crippen molar-refractivity contribution in [3.63, 3.8) is 0 Å². The van der Waals surface area contributed by atoms with Gasteiger partial charge in [-0.05, 0) is 36.8 Å². The van der Waals surface area contributed by atoms with Crippen molar-refractivity contribution in [1.82, 2.24) is 4.57 Å². The van der Waals surface area contributed by atoms with Crippen molar-refractivity contribution < 1.29 is 4.79 Å². The number of hydrogen-bond donors (Lipinski definition) is 2. The van der Waals surface area contributed by atoms with Gasteiger partial charge in [0.2, 0.25) is 0 Å². The number of anilines is 2. The molecule has 0 saturated heterocycles. The quantitative estimate of drug-likeness (QED) is 0.801. The fourth-order valence-electron chi connectivity index (χ4n) is 1.76. The normalized spacial score (nSPS) is 10.2. The number of amides is 1. The van der Waals surface area contributed by atoms with Gasteiger partial charge >= 0.3 is 0 Å². The van der Waals surface area contributed by atoms with E-state index in [9.17, 15) is 9.59 Å². The Balaban J connectivity index is 2.31. The van der Waals surface area contributed by atoms with Gasteiger partial charge in [-0.15, -0.1) is 0 Å². The van der Waals surface area contributed by atoms with Crippen LogP contribution >= 0.6 is 0 Å². The summed E-state index contributed by atoms with van der Waals surface area (Å²) in [5.41, 5.74) is 7.54. The maximum atomic E-state index is 12.0. The number of carbonyl (C=O) groups excluding carboxylic acids is 1. The molecular formula is C14H15N3O2. The number of nitrogens with two attached hydrogens (primary N) is 1.